The van der Waals surface area contributed by atoms with Gasteiger partial charge in [0.05, 0.1) is 31.3 Å². The predicted molar refractivity (Wildman–Crippen MR) is 74.5 cm³/mol. The van der Waals surface area contributed by atoms with Gasteiger partial charge >= 0.3 is 0 Å². The standard InChI is InChI=1S/C15H14FNO4/c1-20-14-4-2-3-11(7-14)9-21-10-12-5-6-13(17(18)19)8-15(12)16/h2-8H,9-10H2,1H3. The zero-order valence-electron chi connectivity index (χ0n) is 11.4. The van der Waals surface area contributed by atoms with Gasteiger partial charge in [-0.2, -0.15) is 0 Å². The molecule has 2 rings (SSSR count). The molecule has 0 aromatic heterocycles. The Kier molecular flexibility index (Phi) is 4.84. The number of nitro groups is 1. The van der Waals surface area contributed by atoms with E-state index in [1.54, 1.807) is 7.11 Å². The second-order valence-electron chi connectivity index (χ2n) is 4.38. The van der Waals surface area contributed by atoms with Gasteiger partial charge in [0, 0.05) is 11.6 Å². The lowest BCUT2D eigenvalue weighted by Gasteiger charge is -2.07. The highest BCUT2D eigenvalue weighted by molar-refractivity contribution is 5.34. The Bertz CT molecular complexity index is 645. The summed E-state index contributed by atoms with van der Waals surface area (Å²) < 4.78 is 24.2. The van der Waals surface area contributed by atoms with E-state index in [0.29, 0.717) is 6.61 Å². The van der Waals surface area contributed by atoms with Gasteiger partial charge in [-0.25, -0.2) is 4.39 Å². The van der Waals surface area contributed by atoms with Crippen LogP contribution in [-0.4, -0.2) is 12.0 Å². The van der Waals surface area contributed by atoms with Gasteiger partial charge in [-0.1, -0.05) is 12.1 Å². The smallest absolute Gasteiger partial charge is 0.272 e. The Balaban J connectivity index is 1.95. The van der Waals surface area contributed by atoms with Crippen molar-refractivity contribution in [2.75, 3.05) is 7.11 Å². The van der Waals surface area contributed by atoms with Gasteiger partial charge in [0.2, 0.25) is 0 Å². The van der Waals surface area contributed by atoms with Crippen molar-refractivity contribution in [3.63, 3.8) is 0 Å². The number of methoxy groups -OCH3 is 1. The van der Waals surface area contributed by atoms with Crippen molar-refractivity contribution in [1.82, 2.24) is 0 Å². The summed E-state index contributed by atoms with van der Waals surface area (Å²) in [4.78, 5) is 9.88. The lowest BCUT2D eigenvalue weighted by molar-refractivity contribution is -0.385. The molecular formula is C15H14FNO4. The number of hydrogen-bond acceptors (Lipinski definition) is 4. The Hall–Kier alpha value is -2.47. The van der Waals surface area contributed by atoms with E-state index in [0.717, 1.165) is 17.4 Å². The van der Waals surface area contributed by atoms with E-state index >= 15 is 0 Å². The van der Waals surface area contributed by atoms with E-state index in [-0.39, 0.29) is 17.9 Å². The van der Waals surface area contributed by atoms with Gasteiger partial charge in [0.25, 0.3) is 5.69 Å². The van der Waals surface area contributed by atoms with Crippen LogP contribution in [0.25, 0.3) is 0 Å². The molecule has 0 aliphatic heterocycles. The maximum atomic E-state index is 13.7. The van der Waals surface area contributed by atoms with Gasteiger partial charge < -0.3 is 9.47 Å². The van der Waals surface area contributed by atoms with Gasteiger partial charge in [0.15, 0.2) is 0 Å². The first kappa shape index (κ1) is 14.9. The van der Waals surface area contributed by atoms with Crippen LogP contribution >= 0.6 is 0 Å². The first-order valence-electron chi connectivity index (χ1n) is 6.23. The number of benzene rings is 2. The fraction of sp³-hybridized carbons (Fsp3) is 0.200. The van der Waals surface area contributed by atoms with Crippen LogP contribution in [0.2, 0.25) is 0 Å². The number of ether oxygens (including phenoxy) is 2. The zero-order valence-corrected chi connectivity index (χ0v) is 11.4. The first-order valence-corrected chi connectivity index (χ1v) is 6.23. The summed E-state index contributed by atoms with van der Waals surface area (Å²) in [6.07, 6.45) is 0. The summed E-state index contributed by atoms with van der Waals surface area (Å²) in [6, 6.07) is 10.9. The lowest BCUT2D eigenvalue weighted by atomic mass is 10.2. The Labute approximate surface area is 121 Å². The topological polar surface area (TPSA) is 61.6 Å². The Morgan fingerprint density at radius 1 is 1.19 bits per heavy atom. The molecule has 0 aliphatic rings. The zero-order chi connectivity index (χ0) is 15.2. The van der Waals surface area contributed by atoms with E-state index in [4.69, 9.17) is 9.47 Å². The highest BCUT2D eigenvalue weighted by Gasteiger charge is 2.10. The maximum absolute atomic E-state index is 13.7. The fourth-order valence-electron chi connectivity index (χ4n) is 1.81. The summed E-state index contributed by atoms with van der Waals surface area (Å²) in [5.74, 6) is 0.0764. The normalized spacial score (nSPS) is 10.4. The largest absolute Gasteiger partial charge is 0.497 e. The van der Waals surface area contributed by atoms with Crippen molar-refractivity contribution in [3.05, 3.63) is 69.5 Å². The molecule has 0 bridgehead atoms. The van der Waals surface area contributed by atoms with Gasteiger partial charge in [-0.15, -0.1) is 0 Å². The maximum Gasteiger partial charge on any atom is 0.272 e. The van der Waals surface area contributed by atoms with Crippen LogP contribution in [-0.2, 0) is 18.0 Å². The molecule has 21 heavy (non-hydrogen) atoms. The average Bonchev–Trinajstić information content (AvgIpc) is 2.49. The van der Waals surface area contributed by atoms with Crippen LogP contribution in [0, 0.1) is 15.9 Å². The molecule has 110 valence electrons. The molecule has 2 aromatic rings. The highest BCUT2D eigenvalue weighted by Crippen LogP contribution is 2.18. The van der Waals surface area contributed by atoms with E-state index in [9.17, 15) is 14.5 Å². The van der Waals surface area contributed by atoms with E-state index in [1.165, 1.54) is 12.1 Å². The highest BCUT2D eigenvalue weighted by atomic mass is 19.1. The molecule has 0 aliphatic carbocycles. The van der Waals surface area contributed by atoms with Crippen LogP contribution in [0.3, 0.4) is 0 Å². The predicted octanol–water partition coefficient (Wildman–Crippen LogP) is 3.46. The summed E-state index contributed by atoms with van der Waals surface area (Å²) in [7, 11) is 1.58. The number of nitrogens with zero attached hydrogens (tertiary/aromatic N) is 1. The van der Waals surface area contributed by atoms with Crippen molar-refractivity contribution in [3.8, 4) is 5.75 Å². The summed E-state index contributed by atoms with van der Waals surface area (Å²) in [5, 5.41) is 10.5. The minimum atomic E-state index is -0.644. The first-order chi connectivity index (χ1) is 10.1. The van der Waals surface area contributed by atoms with Crippen molar-refractivity contribution in [1.29, 1.82) is 0 Å². The second kappa shape index (κ2) is 6.81. The molecule has 0 radical (unpaired) electrons. The SMILES string of the molecule is COc1cccc(COCc2ccc([N+](=O)[O-])cc2F)c1. The Morgan fingerprint density at radius 3 is 2.67 bits per heavy atom. The summed E-state index contributed by atoms with van der Waals surface area (Å²) in [5.41, 5.74) is 0.907. The molecule has 0 heterocycles. The minimum Gasteiger partial charge on any atom is -0.497 e. The van der Waals surface area contributed by atoms with Crippen LogP contribution in [0.15, 0.2) is 42.5 Å². The molecule has 2 aromatic carbocycles. The average molecular weight is 291 g/mol. The van der Waals surface area contributed by atoms with Crippen LogP contribution < -0.4 is 4.74 Å². The third-order valence-electron chi connectivity index (χ3n) is 2.91. The molecule has 0 N–H and O–H groups in total. The molecular weight excluding hydrogens is 277 g/mol. The van der Waals surface area contributed by atoms with Crippen molar-refractivity contribution in [2.24, 2.45) is 0 Å². The molecule has 0 saturated carbocycles. The van der Waals surface area contributed by atoms with E-state index < -0.39 is 10.7 Å². The molecule has 0 saturated heterocycles. The second-order valence-corrected chi connectivity index (χ2v) is 4.38. The van der Waals surface area contributed by atoms with Crippen molar-refractivity contribution >= 4 is 5.69 Å². The molecule has 0 spiro atoms. The van der Waals surface area contributed by atoms with Gasteiger partial charge in [0.1, 0.15) is 11.6 Å². The number of non-ortho nitro benzene ring substituents is 1. The third kappa shape index (κ3) is 4.00. The van der Waals surface area contributed by atoms with Gasteiger partial charge in [-0.05, 0) is 23.8 Å². The quantitative estimate of drug-likeness (QED) is 0.604. The van der Waals surface area contributed by atoms with Crippen LogP contribution in [0.5, 0.6) is 5.75 Å². The number of rotatable bonds is 6. The van der Waals surface area contributed by atoms with Crippen LogP contribution in [0.1, 0.15) is 11.1 Å². The third-order valence-corrected chi connectivity index (χ3v) is 2.91. The molecule has 6 heteroatoms. The van der Waals surface area contributed by atoms with E-state index in [2.05, 4.69) is 0 Å². The molecule has 0 atom stereocenters. The Morgan fingerprint density at radius 2 is 2.00 bits per heavy atom. The molecule has 0 fully saturated rings. The van der Waals surface area contributed by atoms with Crippen molar-refractivity contribution in [2.45, 2.75) is 13.2 Å². The molecule has 5 nitrogen and oxygen atoms in total. The van der Waals surface area contributed by atoms with Crippen molar-refractivity contribution < 1.29 is 18.8 Å². The van der Waals surface area contributed by atoms with Gasteiger partial charge in [-0.3, -0.25) is 10.1 Å². The molecule has 0 unspecified atom stereocenters. The minimum absolute atomic E-state index is 0.0427. The molecule has 0 amide bonds. The summed E-state index contributed by atoms with van der Waals surface area (Å²) in [6.45, 7) is 0.342. The number of halogens is 1. The van der Waals surface area contributed by atoms with Crippen LogP contribution in [0.4, 0.5) is 10.1 Å². The number of hydrogen-bond donors (Lipinski definition) is 0. The monoisotopic (exact) mass is 291 g/mol. The fourth-order valence-corrected chi connectivity index (χ4v) is 1.81. The lowest BCUT2D eigenvalue weighted by Crippen LogP contribution is -1.98. The summed E-state index contributed by atoms with van der Waals surface area (Å²) >= 11 is 0. The number of nitro benzene ring substituents is 1. The van der Waals surface area contributed by atoms with E-state index in [1.807, 2.05) is 24.3 Å².